The van der Waals surface area contributed by atoms with E-state index in [1.165, 1.54) is 13.2 Å². The molecule has 0 amide bonds. The molecule has 3 N–H and O–H groups in total. The minimum atomic E-state index is -1.08. The highest BCUT2D eigenvalue weighted by Crippen LogP contribution is 2.24. The summed E-state index contributed by atoms with van der Waals surface area (Å²) >= 11 is 0. The Kier molecular flexibility index (Phi) is 6.18. The molecule has 9 heteroatoms. The SMILES string of the molecule is COc1ccc(Nc2nc(O)cc(CCC(O)c3cc(F)cc(F)c3)n2)c(C)n1. The van der Waals surface area contributed by atoms with Crippen molar-refractivity contribution in [3.05, 3.63) is 65.0 Å². The number of nitrogens with zero attached hydrogens (tertiary/aromatic N) is 3. The van der Waals surface area contributed by atoms with Crippen molar-refractivity contribution >= 4 is 11.6 Å². The van der Waals surface area contributed by atoms with Gasteiger partial charge in [0.25, 0.3) is 0 Å². The highest BCUT2D eigenvalue weighted by Gasteiger charge is 2.13. The second kappa shape index (κ2) is 8.78. The van der Waals surface area contributed by atoms with Gasteiger partial charge >= 0.3 is 0 Å². The van der Waals surface area contributed by atoms with Crippen LogP contribution < -0.4 is 10.1 Å². The number of aryl methyl sites for hydroxylation is 2. The van der Waals surface area contributed by atoms with Gasteiger partial charge in [0.1, 0.15) is 11.6 Å². The molecule has 152 valence electrons. The third kappa shape index (κ3) is 5.35. The van der Waals surface area contributed by atoms with E-state index >= 15 is 0 Å². The predicted octanol–water partition coefficient (Wildman–Crippen LogP) is 3.58. The van der Waals surface area contributed by atoms with E-state index in [0.717, 1.165) is 18.2 Å². The lowest BCUT2D eigenvalue weighted by Crippen LogP contribution is -2.05. The molecule has 1 aromatic carbocycles. The summed E-state index contributed by atoms with van der Waals surface area (Å²) in [5.41, 5.74) is 1.88. The van der Waals surface area contributed by atoms with Crippen molar-refractivity contribution < 1.29 is 23.7 Å². The molecule has 1 unspecified atom stereocenters. The zero-order valence-corrected chi connectivity index (χ0v) is 15.9. The Hall–Kier alpha value is -3.33. The van der Waals surface area contributed by atoms with Gasteiger partial charge < -0.3 is 20.3 Å². The summed E-state index contributed by atoms with van der Waals surface area (Å²) in [6.07, 6.45) is -0.673. The number of nitrogens with one attached hydrogen (secondary N) is 1. The lowest BCUT2D eigenvalue weighted by atomic mass is 10.0. The first-order chi connectivity index (χ1) is 13.8. The van der Waals surface area contributed by atoms with Crippen LogP contribution in [-0.2, 0) is 6.42 Å². The van der Waals surface area contributed by atoms with Crippen LogP contribution in [0, 0.1) is 18.6 Å². The molecule has 0 saturated heterocycles. The van der Waals surface area contributed by atoms with Gasteiger partial charge in [-0.25, -0.2) is 18.7 Å². The van der Waals surface area contributed by atoms with Crippen molar-refractivity contribution in [1.29, 1.82) is 0 Å². The number of pyridine rings is 1. The molecular weight excluding hydrogens is 382 g/mol. The number of hydrogen-bond donors (Lipinski definition) is 3. The Balaban J connectivity index is 1.72. The van der Waals surface area contributed by atoms with Crippen molar-refractivity contribution in [2.45, 2.75) is 25.9 Å². The lowest BCUT2D eigenvalue weighted by molar-refractivity contribution is 0.166. The Morgan fingerprint density at radius 1 is 1.07 bits per heavy atom. The molecule has 3 aromatic rings. The average Bonchev–Trinajstić information content (AvgIpc) is 2.66. The maximum atomic E-state index is 13.3. The van der Waals surface area contributed by atoms with Gasteiger partial charge in [-0.2, -0.15) is 4.98 Å². The first-order valence-corrected chi connectivity index (χ1v) is 8.83. The molecule has 0 aliphatic rings. The topological polar surface area (TPSA) is 100 Å². The molecule has 0 spiro atoms. The van der Waals surface area contributed by atoms with Crippen LogP contribution in [-0.4, -0.2) is 32.3 Å². The molecule has 0 aliphatic heterocycles. The summed E-state index contributed by atoms with van der Waals surface area (Å²) in [5.74, 6) is -1.14. The number of aliphatic hydroxyl groups is 1. The van der Waals surface area contributed by atoms with Gasteiger partial charge in [0.2, 0.25) is 17.7 Å². The van der Waals surface area contributed by atoms with Crippen molar-refractivity contribution in [1.82, 2.24) is 15.0 Å². The molecule has 3 rings (SSSR count). The van der Waals surface area contributed by atoms with Gasteiger partial charge in [-0.15, -0.1) is 0 Å². The van der Waals surface area contributed by atoms with Gasteiger partial charge in [0.15, 0.2) is 0 Å². The van der Waals surface area contributed by atoms with Crippen molar-refractivity contribution in [3.8, 4) is 11.8 Å². The van der Waals surface area contributed by atoms with Crippen LogP contribution in [0.4, 0.5) is 20.4 Å². The van der Waals surface area contributed by atoms with E-state index in [4.69, 9.17) is 4.74 Å². The zero-order chi connectivity index (χ0) is 21.0. The molecule has 0 bridgehead atoms. The van der Waals surface area contributed by atoms with E-state index in [0.29, 0.717) is 23.0 Å². The van der Waals surface area contributed by atoms with E-state index in [9.17, 15) is 19.0 Å². The van der Waals surface area contributed by atoms with Gasteiger partial charge in [-0.3, -0.25) is 0 Å². The minimum Gasteiger partial charge on any atom is -0.493 e. The molecule has 0 aliphatic carbocycles. The fourth-order valence-electron chi connectivity index (χ4n) is 2.79. The second-order valence-electron chi connectivity index (χ2n) is 6.41. The fourth-order valence-corrected chi connectivity index (χ4v) is 2.79. The van der Waals surface area contributed by atoms with E-state index in [1.54, 1.807) is 19.1 Å². The van der Waals surface area contributed by atoms with Crippen LogP contribution in [0.5, 0.6) is 11.8 Å². The number of halogens is 2. The molecule has 1 atom stereocenters. The average molecular weight is 402 g/mol. The largest absolute Gasteiger partial charge is 0.493 e. The fraction of sp³-hybridized carbons (Fsp3) is 0.250. The van der Waals surface area contributed by atoms with E-state index in [2.05, 4.69) is 20.3 Å². The number of benzene rings is 1. The molecule has 0 radical (unpaired) electrons. The molecule has 29 heavy (non-hydrogen) atoms. The van der Waals surface area contributed by atoms with Gasteiger partial charge in [-0.1, -0.05) is 0 Å². The first kappa shape index (κ1) is 20.4. The maximum absolute atomic E-state index is 13.3. The standard InChI is InChI=1S/C20H20F2N4O3/c1-11-16(4-6-19(23-11)29-2)25-20-24-15(10-18(28)26-20)3-5-17(27)12-7-13(21)9-14(22)8-12/h4,6-10,17,27H,3,5H2,1-2H3,(H2,24,25,26,28). The van der Waals surface area contributed by atoms with Crippen LogP contribution >= 0.6 is 0 Å². The molecule has 2 aromatic heterocycles. The summed E-state index contributed by atoms with van der Waals surface area (Å²) < 4.78 is 31.7. The Morgan fingerprint density at radius 3 is 2.45 bits per heavy atom. The number of aromatic hydroxyl groups is 1. The number of anilines is 2. The molecule has 7 nitrogen and oxygen atoms in total. The van der Waals surface area contributed by atoms with Gasteiger partial charge in [0.05, 0.1) is 24.6 Å². The normalized spacial score (nSPS) is 11.9. The van der Waals surface area contributed by atoms with E-state index in [-0.39, 0.29) is 30.2 Å². The smallest absolute Gasteiger partial charge is 0.230 e. The quantitative estimate of drug-likeness (QED) is 0.555. The molecule has 2 heterocycles. The number of ether oxygens (including phenoxy) is 1. The van der Waals surface area contributed by atoms with Crippen LogP contribution in [0.2, 0.25) is 0 Å². The summed E-state index contributed by atoms with van der Waals surface area (Å²) in [6, 6.07) is 7.69. The number of methoxy groups -OCH3 is 1. The van der Waals surface area contributed by atoms with Crippen molar-refractivity contribution in [3.63, 3.8) is 0 Å². The van der Waals surface area contributed by atoms with E-state index < -0.39 is 17.7 Å². The Labute approximate surface area is 166 Å². The van der Waals surface area contributed by atoms with E-state index in [1.807, 2.05) is 0 Å². The third-order valence-corrected chi connectivity index (χ3v) is 4.23. The number of rotatable bonds is 7. The number of aromatic nitrogens is 3. The maximum Gasteiger partial charge on any atom is 0.230 e. The summed E-state index contributed by atoms with van der Waals surface area (Å²) in [5, 5.41) is 23.1. The molecular formula is C20H20F2N4O3. The first-order valence-electron chi connectivity index (χ1n) is 8.83. The predicted molar refractivity (Wildman–Crippen MR) is 102 cm³/mol. The van der Waals surface area contributed by atoms with Crippen molar-refractivity contribution in [2.24, 2.45) is 0 Å². The Morgan fingerprint density at radius 2 is 1.79 bits per heavy atom. The monoisotopic (exact) mass is 402 g/mol. The molecule has 0 saturated carbocycles. The Bertz CT molecular complexity index is 997. The number of hydrogen-bond acceptors (Lipinski definition) is 7. The van der Waals surface area contributed by atoms with Crippen molar-refractivity contribution in [2.75, 3.05) is 12.4 Å². The lowest BCUT2D eigenvalue weighted by Gasteiger charge is -2.13. The van der Waals surface area contributed by atoms with Crippen LogP contribution in [0.15, 0.2) is 36.4 Å². The summed E-state index contributed by atoms with van der Waals surface area (Å²) in [7, 11) is 1.52. The van der Waals surface area contributed by atoms with Crippen LogP contribution in [0.1, 0.15) is 29.5 Å². The van der Waals surface area contributed by atoms with Crippen LogP contribution in [0.25, 0.3) is 0 Å². The highest BCUT2D eigenvalue weighted by molar-refractivity contribution is 5.57. The van der Waals surface area contributed by atoms with Crippen LogP contribution in [0.3, 0.4) is 0 Å². The molecule has 0 fully saturated rings. The zero-order valence-electron chi connectivity index (χ0n) is 15.9. The van der Waals surface area contributed by atoms with Gasteiger partial charge in [-0.05, 0) is 43.5 Å². The number of aliphatic hydroxyl groups excluding tert-OH is 1. The summed E-state index contributed by atoms with van der Waals surface area (Å²) in [4.78, 5) is 12.5. The second-order valence-corrected chi connectivity index (χ2v) is 6.41. The summed E-state index contributed by atoms with van der Waals surface area (Å²) in [6.45, 7) is 1.78. The minimum absolute atomic E-state index is 0.138. The third-order valence-electron chi connectivity index (χ3n) is 4.23. The van der Waals surface area contributed by atoms with Gasteiger partial charge in [0, 0.05) is 23.9 Å². The highest BCUT2D eigenvalue weighted by atomic mass is 19.1.